The van der Waals surface area contributed by atoms with Crippen molar-refractivity contribution in [2.24, 2.45) is 0 Å². The number of pyridine rings is 2. The molecule has 18 heteroatoms. The molecule has 5 aliphatic heterocycles. The van der Waals surface area contributed by atoms with Gasteiger partial charge in [0.2, 0.25) is 0 Å². The molecule has 4 N–H and O–H groups in total. The number of nitrogens with zero attached hydrogens (tertiary/aromatic N) is 4. The number of amides is 2. The van der Waals surface area contributed by atoms with E-state index in [9.17, 15) is 9.59 Å². The minimum absolute atomic E-state index is 0.00862. The van der Waals surface area contributed by atoms with Crippen molar-refractivity contribution in [2.75, 3.05) is 92.0 Å². The van der Waals surface area contributed by atoms with Gasteiger partial charge < -0.3 is 48.9 Å². The van der Waals surface area contributed by atoms with Crippen LogP contribution in [-0.2, 0) is 31.6 Å². The van der Waals surface area contributed by atoms with Gasteiger partial charge >= 0.3 is 7.12 Å². The number of morpholine rings is 2. The summed E-state index contributed by atoms with van der Waals surface area (Å²) >= 11 is 6.04. The summed E-state index contributed by atoms with van der Waals surface area (Å²) in [5, 5.41) is 12.5. The Balaban J connectivity index is 0.000000129. The maximum atomic E-state index is 12.7. The molecule has 2 amide bonds. The van der Waals surface area contributed by atoms with Crippen LogP contribution in [0.3, 0.4) is 0 Å². The number of benzene rings is 4. The number of nitrogens with one attached hydrogen (secondary N) is 4. The Labute approximate surface area is 459 Å². The lowest BCUT2D eigenvalue weighted by Crippen LogP contribution is -2.41. The minimum atomic E-state index is -0.349. The summed E-state index contributed by atoms with van der Waals surface area (Å²) < 4.78 is 34.9. The molecule has 3 fully saturated rings. The molecule has 0 aliphatic carbocycles. The van der Waals surface area contributed by atoms with Crippen LogP contribution in [0.2, 0.25) is 5.15 Å². The van der Waals surface area contributed by atoms with Gasteiger partial charge in [-0.1, -0.05) is 60.1 Å². The number of carbonyl (C=O) groups is 2. The van der Waals surface area contributed by atoms with E-state index in [0.29, 0.717) is 24.9 Å². The second kappa shape index (κ2) is 23.4. The number of fused-ring (bicyclic) bond motifs is 10. The standard InChI is InChI=1S/C27H28N4O3.C18H28BNO4.C15H12ClN3O/c32-27-25-21-7-6-19-17-29-24(16-22(19)26(21)30-23(25)5-2-8-28-27)18-3-1-4-20(15-18)34-14-11-31-9-12-33-13-10-31;1-17(2)18(3,4)24-19(23-17)15-6-5-7-16(14-15)22-13-10-20-8-11-21-12-9-20;16-12-6-10-8(7-18-12)3-4-9-13-11(19-14(9)10)2-1-5-17-15(13)20/h1,3-4,6-7,15-17,30H,2,5,8-14H2,(H,28,32);5-7,14H,8-13H2,1-4H3;3-4,6-7,18H,1-2,5H2,(H,17,20). The summed E-state index contributed by atoms with van der Waals surface area (Å²) in [6.45, 7) is 19.9. The Morgan fingerprint density at radius 3 is 2.01 bits per heavy atom. The number of ether oxygens (including phenoxy) is 4. The maximum Gasteiger partial charge on any atom is 0.494 e. The average Bonchev–Trinajstić information content (AvgIpc) is 4.19. The zero-order valence-corrected chi connectivity index (χ0v) is 45.7. The van der Waals surface area contributed by atoms with Gasteiger partial charge in [0.15, 0.2) is 0 Å². The highest BCUT2D eigenvalue weighted by molar-refractivity contribution is 6.62. The Kier molecular flexibility index (Phi) is 16.0. The van der Waals surface area contributed by atoms with E-state index >= 15 is 0 Å². The summed E-state index contributed by atoms with van der Waals surface area (Å²) in [5.41, 5.74) is 7.51. The van der Waals surface area contributed by atoms with Crippen LogP contribution in [0.15, 0.2) is 97.3 Å². The van der Waals surface area contributed by atoms with Gasteiger partial charge in [-0.15, -0.1) is 0 Å². The molecule has 78 heavy (non-hydrogen) atoms. The topological polar surface area (TPSA) is 177 Å². The molecule has 406 valence electrons. The third-order valence-corrected chi connectivity index (χ3v) is 16.0. The van der Waals surface area contributed by atoms with Crippen LogP contribution in [-0.4, -0.2) is 152 Å². The van der Waals surface area contributed by atoms with Crippen molar-refractivity contribution in [3.8, 4) is 22.8 Å². The SMILES string of the molecule is CC1(C)OB(c2cccc(OCCN3CCOCC3)c2)OC1(C)C.O=C1NCCCc2[nH]c3c(ccc4cnc(-c5cccc(OCCN6CCOCC6)c5)cc43)c21.O=C1NCCCc2nc3c(ccc4c[nH]c(Cl)cc43)c21. The highest BCUT2D eigenvalue weighted by Crippen LogP contribution is 2.38. The predicted molar refractivity (Wildman–Crippen MR) is 307 cm³/mol. The number of carbonyl (C=O) groups excluding carboxylic acids is 2. The fourth-order valence-corrected chi connectivity index (χ4v) is 10.8. The lowest BCUT2D eigenvalue weighted by molar-refractivity contribution is 0.00578. The molecule has 5 aliphatic rings. The number of aromatic nitrogens is 4. The molecule has 0 unspecified atom stereocenters. The van der Waals surface area contributed by atoms with E-state index in [1.165, 1.54) is 0 Å². The van der Waals surface area contributed by atoms with E-state index in [2.05, 4.69) is 70.2 Å². The van der Waals surface area contributed by atoms with Crippen molar-refractivity contribution in [3.05, 3.63) is 125 Å². The van der Waals surface area contributed by atoms with E-state index in [1.807, 2.05) is 85.2 Å². The average molecular weight is 1080 g/mol. The number of hydrogen-bond acceptors (Lipinski definition) is 12. The lowest BCUT2D eigenvalue weighted by atomic mass is 9.79. The Morgan fingerprint density at radius 1 is 0.679 bits per heavy atom. The van der Waals surface area contributed by atoms with Crippen molar-refractivity contribution in [1.29, 1.82) is 0 Å². The molecular formula is C60H68BClN8O8. The van der Waals surface area contributed by atoms with Gasteiger partial charge in [-0.05, 0) is 95.2 Å². The van der Waals surface area contributed by atoms with Crippen LogP contribution >= 0.6 is 11.6 Å². The third-order valence-electron chi connectivity index (χ3n) is 15.7. The quantitative estimate of drug-likeness (QED) is 0.0760. The van der Waals surface area contributed by atoms with E-state index in [1.54, 1.807) is 0 Å². The molecule has 13 rings (SSSR count). The van der Waals surface area contributed by atoms with Gasteiger partial charge in [0.1, 0.15) is 29.9 Å². The molecule has 3 saturated heterocycles. The van der Waals surface area contributed by atoms with Gasteiger partial charge in [-0.3, -0.25) is 29.4 Å². The van der Waals surface area contributed by atoms with Crippen LogP contribution in [0.4, 0.5) is 0 Å². The summed E-state index contributed by atoms with van der Waals surface area (Å²) in [4.78, 5) is 45.5. The minimum Gasteiger partial charge on any atom is -0.492 e. The summed E-state index contributed by atoms with van der Waals surface area (Å²) in [6, 6.07) is 28.1. The second-order valence-electron chi connectivity index (χ2n) is 21.4. The lowest BCUT2D eigenvalue weighted by Gasteiger charge is -2.32. The van der Waals surface area contributed by atoms with E-state index < -0.39 is 0 Å². The summed E-state index contributed by atoms with van der Waals surface area (Å²) in [6.07, 6.45) is 7.32. The molecule has 8 aromatic rings. The largest absolute Gasteiger partial charge is 0.494 e. The number of halogens is 1. The van der Waals surface area contributed by atoms with Crippen LogP contribution in [0.5, 0.6) is 11.5 Å². The molecule has 0 radical (unpaired) electrons. The van der Waals surface area contributed by atoms with Gasteiger partial charge in [0.05, 0.1) is 71.2 Å². The zero-order valence-electron chi connectivity index (χ0n) is 45.0. The number of hydrogen-bond donors (Lipinski definition) is 4. The van der Waals surface area contributed by atoms with E-state index in [0.717, 1.165) is 192 Å². The number of H-pyrrole nitrogens is 2. The number of rotatable bonds is 10. The highest BCUT2D eigenvalue weighted by Gasteiger charge is 2.51. The molecule has 0 spiro atoms. The number of aromatic amines is 2. The Hall–Kier alpha value is -6.57. The first-order chi connectivity index (χ1) is 37.9. The van der Waals surface area contributed by atoms with Crippen molar-refractivity contribution >= 4 is 79.3 Å². The fraction of sp³-hybridized carbons (Fsp3) is 0.400. The van der Waals surface area contributed by atoms with Gasteiger partial charge in [-0.2, -0.15) is 0 Å². The molecule has 4 aromatic carbocycles. The first kappa shape index (κ1) is 53.4. The maximum absolute atomic E-state index is 12.7. The second-order valence-corrected chi connectivity index (χ2v) is 21.9. The zero-order chi connectivity index (χ0) is 53.8. The van der Waals surface area contributed by atoms with Gasteiger partial charge in [0, 0.05) is 108 Å². The van der Waals surface area contributed by atoms with Crippen LogP contribution < -0.4 is 25.6 Å². The first-order valence-electron chi connectivity index (χ1n) is 27.4. The van der Waals surface area contributed by atoms with Crippen LogP contribution in [0.25, 0.3) is 54.6 Å². The Bertz CT molecular complexity index is 3450. The molecule has 16 nitrogen and oxygen atoms in total. The van der Waals surface area contributed by atoms with Gasteiger partial charge in [0.25, 0.3) is 11.8 Å². The summed E-state index contributed by atoms with van der Waals surface area (Å²) in [5.74, 6) is 1.69. The van der Waals surface area contributed by atoms with Crippen LogP contribution in [0.1, 0.15) is 72.6 Å². The highest BCUT2D eigenvalue weighted by atomic mass is 35.5. The molecular weight excluding hydrogens is 1010 g/mol. The van der Waals surface area contributed by atoms with Crippen molar-refractivity contribution in [1.82, 2.24) is 40.4 Å². The third kappa shape index (κ3) is 11.7. The fourth-order valence-electron chi connectivity index (χ4n) is 10.7. The number of aryl methyl sites for hydroxylation is 2. The van der Waals surface area contributed by atoms with Crippen molar-refractivity contribution < 1.29 is 37.8 Å². The first-order valence-corrected chi connectivity index (χ1v) is 27.8. The molecule has 0 saturated carbocycles. The molecule has 4 aromatic heterocycles. The summed E-state index contributed by atoms with van der Waals surface area (Å²) in [7, 11) is -0.349. The molecule has 9 heterocycles. The Morgan fingerprint density at radius 2 is 1.31 bits per heavy atom. The normalized spacial score (nSPS) is 18.4. The van der Waals surface area contributed by atoms with Crippen molar-refractivity contribution in [2.45, 2.75) is 64.6 Å². The van der Waals surface area contributed by atoms with Gasteiger partial charge in [-0.25, -0.2) is 0 Å². The monoisotopic (exact) mass is 1070 g/mol. The smallest absolute Gasteiger partial charge is 0.492 e. The molecule has 0 bridgehead atoms. The van der Waals surface area contributed by atoms with E-state index in [4.69, 9.17) is 49.8 Å². The van der Waals surface area contributed by atoms with Crippen LogP contribution in [0, 0.1) is 0 Å². The molecule has 0 atom stereocenters. The predicted octanol–water partition coefficient (Wildman–Crippen LogP) is 8.51. The van der Waals surface area contributed by atoms with Crippen molar-refractivity contribution in [3.63, 3.8) is 0 Å². The van der Waals surface area contributed by atoms with E-state index in [-0.39, 0.29) is 30.1 Å².